The van der Waals surface area contributed by atoms with Crippen LogP contribution in [0.25, 0.3) is 0 Å². The van der Waals surface area contributed by atoms with Gasteiger partial charge in [-0.05, 0) is 67.8 Å². The highest BCUT2D eigenvalue weighted by molar-refractivity contribution is 8.14. The summed E-state index contributed by atoms with van der Waals surface area (Å²) in [6, 6.07) is 6.23. The van der Waals surface area contributed by atoms with Gasteiger partial charge < -0.3 is 10.2 Å². The third kappa shape index (κ3) is 14.8. The van der Waals surface area contributed by atoms with Crippen molar-refractivity contribution >= 4 is 55.3 Å². The second-order valence-electron chi connectivity index (χ2n) is 10.2. The molecule has 0 spiro atoms. The number of unbranched alkanes of at least 4 members (excludes halogenated alkanes) is 1. The van der Waals surface area contributed by atoms with Crippen molar-refractivity contribution in [2.75, 3.05) is 32.4 Å². The summed E-state index contributed by atoms with van der Waals surface area (Å²) >= 11 is 1.32. The van der Waals surface area contributed by atoms with Crippen molar-refractivity contribution in [3.05, 3.63) is 29.3 Å². The number of rotatable bonds is 9. The molecule has 39 heavy (non-hydrogen) atoms. The summed E-state index contributed by atoms with van der Waals surface area (Å²) in [7, 11) is 4.52. The highest BCUT2D eigenvalue weighted by Crippen LogP contribution is 2.21. The maximum Gasteiger partial charge on any atom is 0.341 e. The van der Waals surface area contributed by atoms with Crippen molar-refractivity contribution in [1.29, 1.82) is 0 Å². The van der Waals surface area contributed by atoms with Gasteiger partial charge in [-0.2, -0.15) is 4.99 Å². The molecular weight excluding hydrogens is 525 g/mol. The number of aryl methyl sites for hydroxylation is 1. The Hall–Kier alpha value is -2.05. The SMILES string of the molecule is CCC/C=N\C(=NC)N1CCC(CCNC(=O)/N=C(/C)SCC(=O)CC)CC1.Cc1ccc(P)cc1C(C)C. The lowest BCUT2D eigenvalue weighted by Gasteiger charge is -2.32. The highest BCUT2D eigenvalue weighted by atomic mass is 32.2. The molecule has 0 saturated carbocycles. The second kappa shape index (κ2) is 19.9. The van der Waals surface area contributed by atoms with Crippen molar-refractivity contribution in [2.24, 2.45) is 20.9 Å². The second-order valence-corrected chi connectivity index (χ2v) is 12.0. The first-order valence-electron chi connectivity index (χ1n) is 14.2. The molecule has 1 aromatic rings. The van der Waals surface area contributed by atoms with E-state index >= 15 is 0 Å². The number of hydrogen-bond acceptors (Lipinski definition) is 4. The molecule has 1 aromatic carbocycles. The van der Waals surface area contributed by atoms with Gasteiger partial charge in [0.25, 0.3) is 0 Å². The van der Waals surface area contributed by atoms with Gasteiger partial charge in [0.1, 0.15) is 5.78 Å². The topological polar surface area (TPSA) is 86.5 Å². The molecule has 2 amide bonds. The Balaban J connectivity index is 0.000000573. The molecule has 1 unspecified atom stereocenters. The van der Waals surface area contributed by atoms with E-state index < -0.39 is 0 Å². The first-order chi connectivity index (χ1) is 18.6. The van der Waals surface area contributed by atoms with Crippen LogP contribution in [0, 0.1) is 12.8 Å². The molecular formula is C30H50N5O2PS. The van der Waals surface area contributed by atoms with Crippen LogP contribution in [0.5, 0.6) is 0 Å². The van der Waals surface area contributed by atoms with Crippen molar-refractivity contribution in [3.63, 3.8) is 0 Å². The first-order valence-corrected chi connectivity index (χ1v) is 15.7. The third-order valence-electron chi connectivity index (χ3n) is 6.57. The number of urea groups is 1. The molecule has 1 aliphatic rings. The zero-order valence-corrected chi connectivity index (χ0v) is 27.1. The maximum atomic E-state index is 11.9. The van der Waals surface area contributed by atoms with E-state index in [9.17, 15) is 9.59 Å². The molecule has 0 bridgehead atoms. The average molecular weight is 576 g/mol. The zero-order chi connectivity index (χ0) is 29.2. The van der Waals surface area contributed by atoms with Crippen molar-refractivity contribution in [1.82, 2.24) is 10.2 Å². The van der Waals surface area contributed by atoms with Crippen LogP contribution in [-0.2, 0) is 4.79 Å². The molecule has 1 fully saturated rings. The van der Waals surface area contributed by atoms with Crippen LogP contribution in [0.15, 0.2) is 33.2 Å². The fraction of sp³-hybridized carbons (Fsp3) is 0.633. The number of aliphatic imine (C=N–C) groups is 3. The van der Waals surface area contributed by atoms with E-state index in [2.05, 4.69) is 80.3 Å². The number of hydrogen-bond donors (Lipinski definition) is 1. The Morgan fingerprint density at radius 3 is 2.49 bits per heavy atom. The fourth-order valence-corrected chi connectivity index (χ4v) is 5.14. The van der Waals surface area contributed by atoms with Crippen molar-refractivity contribution in [3.8, 4) is 0 Å². The number of benzene rings is 1. The van der Waals surface area contributed by atoms with Gasteiger partial charge in [0.05, 0.1) is 10.8 Å². The summed E-state index contributed by atoms with van der Waals surface area (Å²) in [5.41, 5.74) is 2.85. The molecule has 1 aliphatic heterocycles. The lowest BCUT2D eigenvalue weighted by Crippen LogP contribution is -2.38. The minimum absolute atomic E-state index is 0.165. The third-order valence-corrected chi connectivity index (χ3v) is 7.91. The van der Waals surface area contributed by atoms with E-state index in [1.54, 1.807) is 14.0 Å². The Morgan fingerprint density at radius 1 is 1.23 bits per heavy atom. The Bertz CT molecular complexity index is 986. The minimum Gasteiger partial charge on any atom is -0.341 e. The smallest absolute Gasteiger partial charge is 0.341 e. The van der Waals surface area contributed by atoms with Gasteiger partial charge in [-0.3, -0.25) is 9.79 Å². The van der Waals surface area contributed by atoms with E-state index in [1.165, 1.54) is 28.2 Å². The molecule has 218 valence electrons. The number of carbonyl (C=O) groups is 2. The highest BCUT2D eigenvalue weighted by Gasteiger charge is 2.21. The molecule has 1 heterocycles. The van der Waals surface area contributed by atoms with E-state index in [4.69, 9.17) is 0 Å². The van der Waals surface area contributed by atoms with Gasteiger partial charge in [0.15, 0.2) is 0 Å². The van der Waals surface area contributed by atoms with Crippen molar-refractivity contribution < 1.29 is 9.59 Å². The van der Waals surface area contributed by atoms with Gasteiger partial charge in [0.2, 0.25) is 5.96 Å². The lowest BCUT2D eigenvalue weighted by atomic mass is 9.94. The van der Waals surface area contributed by atoms with Gasteiger partial charge in [-0.25, -0.2) is 9.79 Å². The number of nitrogens with one attached hydrogen (secondary N) is 1. The van der Waals surface area contributed by atoms with Gasteiger partial charge in [-0.15, -0.1) is 21.0 Å². The van der Waals surface area contributed by atoms with E-state index in [0.717, 1.165) is 51.2 Å². The predicted molar refractivity (Wildman–Crippen MR) is 175 cm³/mol. The van der Waals surface area contributed by atoms with Gasteiger partial charge >= 0.3 is 6.03 Å². The number of amides is 2. The zero-order valence-electron chi connectivity index (χ0n) is 25.1. The van der Waals surface area contributed by atoms with Crippen LogP contribution in [-0.4, -0.2) is 66.4 Å². The Kier molecular flexibility index (Phi) is 17.9. The summed E-state index contributed by atoms with van der Waals surface area (Å²) in [6.07, 6.45) is 7.64. The molecule has 7 nitrogen and oxygen atoms in total. The van der Waals surface area contributed by atoms with E-state index in [-0.39, 0.29) is 11.8 Å². The lowest BCUT2D eigenvalue weighted by molar-refractivity contribution is -0.116. The van der Waals surface area contributed by atoms with E-state index in [0.29, 0.717) is 35.6 Å². The summed E-state index contributed by atoms with van der Waals surface area (Å²) in [6.45, 7) is 14.9. The number of thioether (sulfide) groups is 1. The van der Waals surface area contributed by atoms with E-state index in [1.807, 2.05) is 13.1 Å². The quantitative estimate of drug-likeness (QED) is 0.210. The summed E-state index contributed by atoms with van der Waals surface area (Å²) in [5.74, 6) is 2.59. The average Bonchev–Trinajstić information content (AvgIpc) is 2.92. The van der Waals surface area contributed by atoms with Crippen LogP contribution in [0.2, 0.25) is 0 Å². The molecule has 0 radical (unpaired) electrons. The van der Waals surface area contributed by atoms with Crippen LogP contribution in [0.4, 0.5) is 4.79 Å². The Morgan fingerprint density at radius 2 is 1.92 bits per heavy atom. The fourth-order valence-electron chi connectivity index (χ4n) is 4.14. The largest absolute Gasteiger partial charge is 0.341 e. The van der Waals surface area contributed by atoms with Crippen LogP contribution in [0.3, 0.4) is 0 Å². The molecule has 1 N–H and O–H groups in total. The monoisotopic (exact) mass is 575 g/mol. The number of guanidine groups is 1. The maximum absolute atomic E-state index is 11.9. The summed E-state index contributed by atoms with van der Waals surface area (Å²) in [5, 5.41) is 4.76. The number of Topliss-reactive ketones (excluding diaryl/α,β-unsaturated/α-hetero) is 1. The van der Waals surface area contributed by atoms with Gasteiger partial charge in [0, 0.05) is 39.3 Å². The number of piperidine rings is 1. The Labute approximate surface area is 243 Å². The molecule has 1 atom stereocenters. The molecule has 9 heteroatoms. The van der Waals surface area contributed by atoms with Gasteiger partial charge in [-0.1, -0.05) is 52.3 Å². The van der Waals surface area contributed by atoms with Crippen LogP contribution < -0.4 is 10.6 Å². The van der Waals surface area contributed by atoms with Crippen LogP contribution >= 0.6 is 21.0 Å². The number of nitrogens with zero attached hydrogens (tertiary/aromatic N) is 4. The van der Waals surface area contributed by atoms with Crippen molar-refractivity contribution in [2.45, 2.75) is 86.0 Å². The molecule has 2 rings (SSSR count). The molecule has 0 aromatic heterocycles. The number of ketones is 1. The summed E-state index contributed by atoms with van der Waals surface area (Å²) < 4.78 is 0. The standard InChI is InChI=1S/C20H35N5O2S.C10H15P/c1-5-7-11-22-19(21-4)25-13-9-17(10-14-25)8-12-23-20(27)24-16(3)28-15-18(26)6-2;1-7(2)10-6-9(11)5-4-8(10)3/h11,17H,5-10,12-15H2,1-4H3,(H,23,27);4-7H,11H2,1-3H3/b21-19?,22-11-,24-16-;. The number of carbonyl (C=O) groups excluding carboxylic acids is 2. The summed E-state index contributed by atoms with van der Waals surface area (Å²) in [4.78, 5) is 38.2. The predicted octanol–water partition coefficient (Wildman–Crippen LogP) is 6.40. The normalized spacial score (nSPS) is 14.9. The number of likely N-dealkylation sites (tertiary alicyclic amines) is 1. The molecule has 0 aliphatic carbocycles. The first kappa shape index (κ1) is 35.0. The van der Waals surface area contributed by atoms with Crippen LogP contribution in [0.1, 0.15) is 90.2 Å². The molecule has 1 saturated heterocycles. The minimum atomic E-state index is -0.322.